The quantitative estimate of drug-likeness (QED) is 0.568. The van der Waals surface area contributed by atoms with Crippen LogP contribution in [0.25, 0.3) is 0 Å². The van der Waals surface area contributed by atoms with E-state index in [9.17, 15) is 0 Å². The van der Waals surface area contributed by atoms with Gasteiger partial charge in [-0.25, -0.2) is 0 Å². The van der Waals surface area contributed by atoms with Crippen molar-refractivity contribution in [2.75, 3.05) is 31.7 Å². The number of ether oxygens (including phenoxy) is 3. The van der Waals surface area contributed by atoms with Crippen LogP contribution in [-0.2, 0) is 4.74 Å². The van der Waals surface area contributed by atoms with Crippen LogP contribution in [0.3, 0.4) is 0 Å². The molecule has 0 aliphatic rings. The Kier molecular flexibility index (Phi) is 8.29. The molecule has 0 aliphatic carbocycles. The van der Waals surface area contributed by atoms with Gasteiger partial charge in [0.1, 0.15) is 24.2 Å². The van der Waals surface area contributed by atoms with Crippen LogP contribution in [0.1, 0.15) is 39.2 Å². The molecule has 2 rings (SSSR count). The highest BCUT2D eigenvalue weighted by Crippen LogP contribution is 2.24. The minimum Gasteiger partial charge on any atom is -0.489 e. The summed E-state index contributed by atoms with van der Waals surface area (Å²) in [5.74, 6) is 2.26. The lowest BCUT2D eigenvalue weighted by Crippen LogP contribution is -2.23. The average Bonchev–Trinajstić information content (AvgIpc) is 2.65. The monoisotopic (exact) mass is 357 g/mol. The lowest BCUT2D eigenvalue weighted by atomic mass is 10.0. The van der Waals surface area contributed by atoms with Gasteiger partial charge in [0, 0.05) is 6.61 Å². The van der Waals surface area contributed by atoms with E-state index < -0.39 is 0 Å². The van der Waals surface area contributed by atoms with E-state index in [1.165, 1.54) is 5.56 Å². The van der Waals surface area contributed by atoms with Crippen LogP contribution < -0.4 is 14.8 Å². The summed E-state index contributed by atoms with van der Waals surface area (Å²) in [6.45, 7) is 11.0. The summed E-state index contributed by atoms with van der Waals surface area (Å²) in [5.41, 5.74) is 2.29. The summed E-state index contributed by atoms with van der Waals surface area (Å²) in [5, 5.41) is 3.41. The minimum absolute atomic E-state index is 0.0383. The van der Waals surface area contributed by atoms with Gasteiger partial charge in [-0.3, -0.25) is 0 Å². The molecule has 4 heteroatoms. The van der Waals surface area contributed by atoms with Gasteiger partial charge >= 0.3 is 0 Å². The Hall–Kier alpha value is -2.20. The molecule has 142 valence electrons. The van der Waals surface area contributed by atoms with Crippen LogP contribution in [0.2, 0.25) is 0 Å². The van der Waals surface area contributed by atoms with Gasteiger partial charge in [0.25, 0.3) is 0 Å². The number of rotatable bonds is 11. The molecule has 1 N–H and O–H groups in total. The molecular formula is C22H31NO3. The van der Waals surface area contributed by atoms with Gasteiger partial charge < -0.3 is 19.5 Å². The van der Waals surface area contributed by atoms with Crippen LogP contribution in [0.15, 0.2) is 48.5 Å². The van der Waals surface area contributed by atoms with E-state index in [-0.39, 0.29) is 6.10 Å². The second kappa shape index (κ2) is 10.7. The summed E-state index contributed by atoms with van der Waals surface area (Å²) >= 11 is 0. The largest absolute Gasteiger partial charge is 0.489 e. The highest BCUT2D eigenvalue weighted by Gasteiger charge is 2.08. The van der Waals surface area contributed by atoms with Gasteiger partial charge in [0.05, 0.1) is 18.8 Å². The van der Waals surface area contributed by atoms with Crippen LogP contribution >= 0.6 is 0 Å². The molecule has 0 saturated heterocycles. The molecule has 0 aliphatic heterocycles. The third-order valence-corrected chi connectivity index (χ3v) is 4.04. The van der Waals surface area contributed by atoms with Gasteiger partial charge in [-0.1, -0.05) is 38.1 Å². The van der Waals surface area contributed by atoms with Crippen LogP contribution in [0, 0.1) is 0 Å². The molecule has 26 heavy (non-hydrogen) atoms. The fourth-order valence-corrected chi connectivity index (χ4v) is 2.55. The lowest BCUT2D eigenvalue weighted by molar-refractivity contribution is 0.110. The molecule has 1 unspecified atom stereocenters. The lowest BCUT2D eigenvalue weighted by Gasteiger charge is -2.18. The van der Waals surface area contributed by atoms with Crippen LogP contribution in [0.4, 0.5) is 5.69 Å². The average molecular weight is 357 g/mol. The highest BCUT2D eigenvalue weighted by atomic mass is 16.5. The predicted molar refractivity (Wildman–Crippen MR) is 108 cm³/mol. The van der Waals surface area contributed by atoms with Gasteiger partial charge in [-0.2, -0.15) is 0 Å². The van der Waals surface area contributed by atoms with E-state index in [2.05, 4.69) is 38.2 Å². The van der Waals surface area contributed by atoms with E-state index in [0.29, 0.717) is 32.3 Å². The molecule has 0 saturated carbocycles. The zero-order chi connectivity index (χ0) is 18.8. The van der Waals surface area contributed by atoms with Gasteiger partial charge in [-0.05, 0) is 49.6 Å². The van der Waals surface area contributed by atoms with Crippen molar-refractivity contribution in [2.45, 2.75) is 39.7 Å². The van der Waals surface area contributed by atoms with Crippen LogP contribution in [-0.4, -0.2) is 32.5 Å². The molecule has 2 aromatic carbocycles. The third-order valence-electron chi connectivity index (χ3n) is 4.04. The van der Waals surface area contributed by atoms with Crippen molar-refractivity contribution in [3.05, 3.63) is 54.1 Å². The van der Waals surface area contributed by atoms with E-state index in [4.69, 9.17) is 14.2 Å². The predicted octanol–water partition coefficient (Wildman–Crippen LogP) is 5.10. The smallest absolute Gasteiger partial charge is 0.142 e. The molecule has 0 heterocycles. The zero-order valence-corrected chi connectivity index (χ0v) is 16.3. The maximum atomic E-state index is 6.00. The fraction of sp³-hybridized carbons (Fsp3) is 0.455. The minimum atomic E-state index is 0.0383. The Morgan fingerprint density at radius 2 is 1.65 bits per heavy atom. The Bertz CT molecular complexity index is 640. The maximum Gasteiger partial charge on any atom is 0.142 e. The first kappa shape index (κ1) is 20.1. The maximum absolute atomic E-state index is 6.00. The molecule has 0 aromatic heterocycles. The first-order chi connectivity index (χ1) is 12.6. The number of nitrogens with one attached hydrogen (secondary N) is 1. The number of para-hydroxylation sites is 2. The fourth-order valence-electron chi connectivity index (χ4n) is 2.55. The molecular weight excluding hydrogens is 326 g/mol. The second-order valence-corrected chi connectivity index (χ2v) is 6.57. The number of hydrogen-bond donors (Lipinski definition) is 1. The van der Waals surface area contributed by atoms with Gasteiger partial charge in [-0.15, -0.1) is 0 Å². The van der Waals surface area contributed by atoms with Gasteiger partial charge in [0.2, 0.25) is 0 Å². The normalized spacial score (nSPS) is 12.0. The van der Waals surface area contributed by atoms with Crippen molar-refractivity contribution in [1.29, 1.82) is 0 Å². The van der Waals surface area contributed by atoms with Crippen molar-refractivity contribution in [1.82, 2.24) is 0 Å². The molecule has 1 atom stereocenters. The standard InChI is InChI=1S/C22H31NO3/c1-5-24-14-15-25-22-9-7-6-8-21(22)23-16-18(4)26-20-12-10-19(11-13-20)17(2)3/h6-13,17-18,23H,5,14-16H2,1-4H3. The summed E-state index contributed by atoms with van der Waals surface area (Å²) in [6, 6.07) is 16.3. The summed E-state index contributed by atoms with van der Waals surface area (Å²) < 4.78 is 17.1. The molecule has 0 fully saturated rings. The van der Waals surface area contributed by atoms with Crippen molar-refractivity contribution in [3.63, 3.8) is 0 Å². The second-order valence-electron chi connectivity index (χ2n) is 6.57. The van der Waals surface area contributed by atoms with E-state index >= 15 is 0 Å². The number of anilines is 1. The van der Waals surface area contributed by atoms with E-state index in [1.807, 2.05) is 43.3 Å². The van der Waals surface area contributed by atoms with Crippen LogP contribution in [0.5, 0.6) is 11.5 Å². The molecule has 0 spiro atoms. The highest BCUT2D eigenvalue weighted by molar-refractivity contribution is 5.56. The van der Waals surface area contributed by atoms with Gasteiger partial charge in [0.15, 0.2) is 0 Å². The molecule has 2 aromatic rings. The first-order valence-electron chi connectivity index (χ1n) is 9.40. The van der Waals surface area contributed by atoms with Crippen molar-refractivity contribution >= 4 is 5.69 Å². The van der Waals surface area contributed by atoms with Crippen molar-refractivity contribution in [2.24, 2.45) is 0 Å². The summed E-state index contributed by atoms with van der Waals surface area (Å²) in [6.07, 6.45) is 0.0383. The molecule has 0 bridgehead atoms. The zero-order valence-electron chi connectivity index (χ0n) is 16.3. The number of benzene rings is 2. The SMILES string of the molecule is CCOCCOc1ccccc1NCC(C)Oc1ccc(C(C)C)cc1. The van der Waals surface area contributed by atoms with Crippen molar-refractivity contribution < 1.29 is 14.2 Å². The Balaban J connectivity index is 1.83. The summed E-state index contributed by atoms with van der Waals surface area (Å²) in [7, 11) is 0. The molecule has 4 nitrogen and oxygen atoms in total. The number of hydrogen-bond acceptors (Lipinski definition) is 4. The molecule has 0 amide bonds. The van der Waals surface area contributed by atoms with Crippen molar-refractivity contribution in [3.8, 4) is 11.5 Å². The van der Waals surface area contributed by atoms with E-state index in [1.54, 1.807) is 0 Å². The third kappa shape index (κ3) is 6.60. The Morgan fingerprint density at radius 1 is 0.923 bits per heavy atom. The Labute approximate surface area is 157 Å². The Morgan fingerprint density at radius 3 is 2.35 bits per heavy atom. The first-order valence-corrected chi connectivity index (χ1v) is 9.40. The summed E-state index contributed by atoms with van der Waals surface area (Å²) in [4.78, 5) is 0. The molecule has 0 radical (unpaired) electrons. The topological polar surface area (TPSA) is 39.7 Å². The van der Waals surface area contributed by atoms with E-state index in [0.717, 1.165) is 17.2 Å².